The number of esters is 1. The predicted octanol–water partition coefficient (Wildman–Crippen LogP) is 4.50. The van der Waals surface area contributed by atoms with E-state index >= 15 is 0 Å². The van der Waals surface area contributed by atoms with Crippen molar-refractivity contribution in [2.45, 2.75) is 6.92 Å². The van der Waals surface area contributed by atoms with Gasteiger partial charge in [-0.1, -0.05) is 30.3 Å². The van der Waals surface area contributed by atoms with E-state index in [2.05, 4.69) is 0 Å². The molecule has 0 aliphatic carbocycles. The minimum Gasteiger partial charge on any atom is -0.462 e. The molecule has 0 N–H and O–H groups in total. The fourth-order valence-corrected chi connectivity index (χ4v) is 3.58. The Balaban J connectivity index is 1.79. The Hall–Kier alpha value is -4.59. The Bertz CT molecular complexity index is 1310. The minimum absolute atomic E-state index is 0.108. The Morgan fingerprint density at radius 2 is 1.67 bits per heavy atom. The zero-order valence-electron chi connectivity index (χ0n) is 17.6. The zero-order chi connectivity index (χ0) is 23.5. The Morgan fingerprint density at radius 3 is 2.33 bits per heavy atom. The molecule has 1 aliphatic heterocycles. The summed E-state index contributed by atoms with van der Waals surface area (Å²) in [7, 11) is 0. The lowest BCUT2D eigenvalue weighted by molar-refractivity contribution is -0.384. The summed E-state index contributed by atoms with van der Waals surface area (Å²) < 4.78 is 4.97. The van der Waals surface area contributed by atoms with Gasteiger partial charge in [-0.05, 0) is 54.5 Å². The largest absolute Gasteiger partial charge is 0.462 e. The molecular formula is C25H18N2O6. The summed E-state index contributed by atoms with van der Waals surface area (Å²) >= 11 is 0. The summed E-state index contributed by atoms with van der Waals surface area (Å²) in [4.78, 5) is 50.2. The van der Waals surface area contributed by atoms with E-state index < -0.39 is 22.7 Å². The molecule has 0 atom stereocenters. The third-order valence-corrected chi connectivity index (χ3v) is 5.11. The zero-order valence-corrected chi connectivity index (χ0v) is 17.6. The molecule has 0 radical (unpaired) electrons. The number of imide groups is 1. The van der Waals surface area contributed by atoms with Crippen LogP contribution in [0.4, 0.5) is 11.4 Å². The van der Waals surface area contributed by atoms with Gasteiger partial charge < -0.3 is 4.74 Å². The quantitative estimate of drug-likeness (QED) is 0.189. The maximum atomic E-state index is 13.5. The molecule has 33 heavy (non-hydrogen) atoms. The van der Waals surface area contributed by atoms with Crippen LogP contribution in [0.15, 0.2) is 72.8 Å². The summed E-state index contributed by atoms with van der Waals surface area (Å²) in [5, 5.41) is 11.1. The molecule has 0 unspecified atom stereocenters. The van der Waals surface area contributed by atoms with Crippen LogP contribution in [0.2, 0.25) is 0 Å². The van der Waals surface area contributed by atoms with Crippen molar-refractivity contribution < 1.29 is 24.0 Å². The number of carbonyl (C=O) groups excluding carboxylic acids is 3. The molecule has 0 fully saturated rings. The highest BCUT2D eigenvalue weighted by Gasteiger charge is 2.35. The second-order valence-electron chi connectivity index (χ2n) is 7.17. The maximum Gasteiger partial charge on any atom is 0.338 e. The molecule has 1 heterocycles. The number of nitro benzene ring substituents is 1. The molecule has 8 heteroatoms. The Labute approximate surface area is 188 Å². The van der Waals surface area contributed by atoms with E-state index in [4.69, 9.17) is 4.74 Å². The van der Waals surface area contributed by atoms with E-state index in [0.717, 1.165) is 4.90 Å². The van der Waals surface area contributed by atoms with E-state index in [1.807, 2.05) is 0 Å². The van der Waals surface area contributed by atoms with E-state index in [0.29, 0.717) is 22.3 Å². The van der Waals surface area contributed by atoms with Gasteiger partial charge in [-0.25, -0.2) is 9.69 Å². The first-order valence-electron chi connectivity index (χ1n) is 10.1. The fraction of sp³-hybridized carbons (Fsp3) is 0.0800. The molecule has 3 aromatic carbocycles. The van der Waals surface area contributed by atoms with Gasteiger partial charge in [0.05, 0.1) is 22.8 Å². The summed E-state index contributed by atoms with van der Waals surface area (Å²) in [6, 6.07) is 18.5. The highest BCUT2D eigenvalue weighted by Crippen LogP contribution is 2.34. The molecule has 1 aliphatic rings. The molecule has 0 spiro atoms. The number of fused-ring (bicyclic) bond motifs is 1. The average Bonchev–Trinajstić information content (AvgIpc) is 2.82. The molecule has 0 bridgehead atoms. The molecule has 4 rings (SSSR count). The van der Waals surface area contributed by atoms with Crippen molar-refractivity contribution in [1.82, 2.24) is 0 Å². The maximum absolute atomic E-state index is 13.5. The van der Waals surface area contributed by atoms with Crippen LogP contribution < -0.4 is 4.90 Å². The lowest BCUT2D eigenvalue weighted by Gasteiger charge is -2.28. The standard InChI is InChI=1S/C25H18N2O6/c1-2-33-25(30)17-10-12-18(13-11-17)26-23(28)21-9-4-3-8-20(21)22(24(26)29)15-16-6-5-7-19(14-16)27(31)32/h3-15H,2H2,1H3/b22-15-. The van der Waals surface area contributed by atoms with Gasteiger partial charge in [0, 0.05) is 23.3 Å². The number of hydrogen-bond acceptors (Lipinski definition) is 6. The summed E-state index contributed by atoms with van der Waals surface area (Å²) in [6.07, 6.45) is 1.53. The van der Waals surface area contributed by atoms with Gasteiger partial charge in [-0.3, -0.25) is 19.7 Å². The van der Waals surface area contributed by atoms with Crippen molar-refractivity contribution in [3.05, 3.63) is 105 Å². The lowest BCUT2D eigenvalue weighted by atomic mass is 9.91. The third kappa shape index (κ3) is 4.14. The van der Waals surface area contributed by atoms with Crippen LogP contribution in [0.3, 0.4) is 0 Å². The third-order valence-electron chi connectivity index (χ3n) is 5.11. The van der Waals surface area contributed by atoms with Gasteiger partial charge in [0.1, 0.15) is 0 Å². The number of ether oxygens (including phenoxy) is 1. The highest BCUT2D eigenvalue weighted by atomic mass is 16.6. The van der Waals surface area contributed by atoms with Gasteiger partial charge in [0.15, 0.2) is 0 Å². The van der Waals surface area contributed by atoms with Gasteiger partial charge in [-0.15, -0.1) is 0 Å². The topological polar surface area (TPSA) is 107 Å². The lowest BCUT2D eigenvalue weighted by Crippen LogP contribution is -2.41. The SMILES string of the molecule is CCOC(=O)c1ccc(N2C(=O)/C(=C\c3cccc([N+](=O)[O-])c3)c3ccccc3C2=O)cc1. The molecule has 3 aromatic rings. The number of anilines is 1. The van der Waals surface area contributed by atoms with Crippen LogP contribution in [-0.4, -0.2) is 29.3 Å². The number of carbonyl (C=O) groups is 3. The highest BCUT2D eigenvalue weighted by molar-refractivity contribution is 6.43. The number of non-ortho nitro benzene ring substituents is 1. The molecule has 0 saturated carbocycles. The van der Waals surface area contributed by atoms with Crippen molar-refractivity contribution in [2.75, 3.05) is 11.5 Å². The number of amides is 2. The normalized spacial score (nSPS) is 14.2. The van der Waals surface area contributed by atoms with Crippen molar-refractivity contribution in [3.8, 4) is 0 Å². The van der Waals surface area contributed by atoms with Crippen LogP contribution in [0.5, 0.6) is 0 Å². The van der Waals surface area contributed by atoms with Crippen LogP contribution in [0, 0.1) is 10.1 Å². The number of nitro groups is 1. The molecule has 0 saturated heterocycles. The van der Waals surface area contributed by atoms with Crippen LogP contribution in [0.25, 0.3) is 11.6 Å². The predicted molar refractivity (Wildman–Crippen MR) is 122 cm³/mol. The molecule has 0 aromatic heterocycles. The Kier molecular flexibility index (Phi) is 5.82. The molecule has 164 valence electrons. The van der Waals surface area contributed by atoms with Crippen molar-refractivity contribution in [1.29, 1.82) is 0 Å². The number of hydrogen-bond donors (Lipinski definition) is 0. The fourth-order valence-electron chi connectivity index (χ4n) is 3.58. The van der Waals surface area contributed by atoms with E-state index in [1.54, 1.807) is 37.3 Å². The van der Waals surface area contributed by atoms with E-state index in [1.165, 1.54) is 48.5 Å². The van der Waals surface area contributed by atoms with E-state index in [-0.39, 0.29) is 23.6 Å². The van der Waals surface area contributed by atoms with Crippen LogP contribution in [0.1, 0.15) is 38.8 Å². The van der Waals surface area contributed by atoms with Crippen molar-refractivity contribution >= 4 is 40.8 Å². The monoisotopic (exact) mass is 442 g/mol. The van der Waals surface area contributed by atoms with Crippen molar-refractivity contribution in [2.24, 2.45) is 0 Å². The van der Waals surface area contributed by atoms with Crippen LogP contribution in [-0.2, 0) is 9.53 Å². The molecule has 8 nitrogen and oxygen atoms in total. The first-order valence-corrected chi connectivity index (χ1v) is 10.1. The summed E-state index contributed by atoms with van der Waals surface area (Å²) in [6.45, 7) is 1.93. The first kappa shape index (κ1) is 21.6. The van der Waals surface area contributed by atoms with Gasteiger partial charge in [0.25, 0.3) is 17.5 Å². The first-order chi connectivity index (χ1) is 15.9. The number of rotatable bonds is 5. The van der Waals surface area contributed by atoms with E-state index in [9.17, 15) is 24.5 Å². The smallest absolute Gasteiger partial charge is 0.338 e. The van der Waals surface area contributed by atoms with Gasteiger partial charge in [0.2, 0.25) is 0 Å². The molecule has 2 amide bonds. The second-order valence-corrected chi connectivity index (χ2v) is 7.17. The summed E-state index contributed by atoms with van der Waals surface area (Å²) in [5.41, 5.74) is 1.92. The molecular weight excluding hydrogens is 424 g/mol. The van der Waals surface area contributed by atoms with Crippen molar-refractivity contribution in [3.63, 3.8) is 0 Å². The number of benzene rings is 3. The Morgan fingerprint density at radius 1 is 0.970 bits per heavy atom. The van der Waals surface area contributed by atoms with Gasteiger partial charge in [-0.2, -0.15) is 0 Å². The summed E-state index contributed by atoms with van der Waals surface area (Å²) in [5.74, 6) is -1.58. The number of nitrogens with zero attached hydrogens (tertiary/aromatic N) is 2. The van der Waals surface area contributed by atoms with Crippen LogP contribution >= 0.6 is 0 Å². The second kappa shape index (κ2) is 8.88. The minimum atomic E-state index is -0.575. The van der Waals surface area contributed by atoms with Gasteiger partial charge >= 0.3 is 5.97 Å². The average molecular weight is 442 g/mol.